The first-order chi connectivity index (χ1) is 13.8. The Hall–Kier alpha value is -3.93. The van der Waals surface area contributed by atoms with Crippen molar-refractivity contribution in [3.05, 3.63) is 78.5 Å². The highest BCUT2D eigenvalue weighted by molar-refractivity contribution is 6.04. The maximum Gasteiger partial charge on any atom is 0.232 e. The minimum Gasteiger partial charge on any atom is -0.464 e. The Morgan fingerprint density at radius 3 is 2.36 bits per heavy atom. The van der Waals surface area contributed by atoms with Crippen molar-refractivity contribution in [2.75, 3.05) is 0 Å². The van der Waals surface area contributed by atoms with Crippen LogP contribution < -0.4 is 0 Å². The fraction of sp³-hybridized carbons (Fsp3) is 0.0455. The zero-order chi connectivity index (χ0) is 18.9. The Bertz CT molecular complexity index is 1250. The molecule has 0 aliphatic carbocycles. The molecule has 0 fully saturated rings. The van der Waals surface area contributed by atoms with Crippen molar-refractivity contribution in [3.8, 4) is 22.8 Å². The third-order valence-electron chi connectivity index (χ3n) is 4.39. The number of aryl methyl sites for hydroxylation is 1. The van der Waals surface area contributed by atoms with Gasteiger partial charge in [-0.05, 0) is 36.8 Å². The predicted molar refractivity (Wildman–Crippen MR) is 106 cm³/mol. The smallest absolute Gasteiger partial charge is 0.232 e. The summed E-state index contributed by atoms with van der Waals surface area (Å²) in [5.74, 6) is 2.24. The van der Waals surface area contributed by atoms with Crippen LogP contribution in [0.3, 0.4) is 0 Å². The zero-order valence-corrected chi connectivity index (χ0v) is 15.0. The summed E-state index contributed by atoms with van der Waals surface area (Å²) in [5.41, 5.74) is 3.31. The maximum absolute atomic E-state index is 6.00. The van der Waals surface area contributed by atoms with Gasteiger partial charge in [0.05, 0.1) is 23.5 Å². The molecule has 0 spiro atoms. The van der Waals surface area contributed by atoms with Crippen LogP contribution >= 0.6 is 0 Å². The number of fused-ring (bicyclic) bond motifs is 1. The minimum absolute atomic E-state index is 0.420. The van der Waals surface area contributed by atoms with E-state index in [4.69, 9.17) is 13.3 Å². The molecule has 6 heteroatoms. The largest absolute Gasteiger partial charge is 0.464 e. The van der Waals surface area contributed by atoms with Crippen LogP contribution in [0.4, 0.5) is 5.82 Å². The Morgan fingerprint density at radius 1 is 0.893 bits per heavy atom. The summed E-state index contributed by atoms with van der Waals surface area (Å²) in [7, 11) is 0. The molecule has 0 aliphatic heterocycles. The lowest BCUT2D eigenvalue weighted by Gasteiger charge is -1.99. The van der Waals surface area contributed by atoms with E-state index in [9.17, 15) is 0 Å². The standard InChI is InChI=1S/C22H15N3O3/c1-14-6-8-15(9-7-14)12-23-21-19-18(16-4-2-10-26-16)20(17-5-3-11-27-17)28-22(19)25-13-24-21/h2-13H,1H3. The molecule has 0 aliphatic rings. The molecule has 0 unspecified atom stereocenters. The first kappa shape index (κ1) is 16.3. The topological polar surface area (TPSA) is 77.6 Å². The third kappa shape index (κ3) is 2.81. The second-order valence-electron chi connectivity index (χ2n) is 6.31. The fourth-order valence-corrected chi connectivity index (χ4v) is 3.04. The molecule has 136 valence electrons. The molecule has 4 heterocycles. The summed E-state index contributed by atoms with van der Waals surface area (Å²) >= 11 is 0. The van der Waals surface area contributed by atoms with E-state index in [1.54, 1.807) is 24.8 Å². The molecule has 0 saturated heterocycles. The molecule has 0 saturated carbocycles. The van der Waals surface area contributed by atoms with Gasteiger partial charge in [-0.15, -0.1) is 0 Å². The first-order valence-electron chi connectivity index (χ1n) is 8.75. The first-order valence-corrected chi connectivity index (χ1v) is 8.75. The van der Waals surface area contributed by atoms with Crippen molar-refractivity contribution in [1.29, 1.82) is 0 Å². The van der Waals surface area contributed by atoms with Crippen LogP contribution in [-0.4, -0.2) is 16.2 Å². The van der Waals surface area contributed by atoms with Gasteiger partial charge >= 0.3 is 0 Å². The highest BCUT2D eigenvalue weighted by Crippen LogP contribution is 2.43. The molecule has 0 N–H and O–H groups in total. The van der Waals surface area contributed by atoms with Crippen molar-refractivity contribution in [3.63, 3.8) is 0 Å². The number of nitrogens with zero attached hydrogens (tertiary/aromatic N) is 3. The molecule has 0 bridgehead atoms. The van der Waals surface area contributed by atoms with E-state index in [0.29, 0.717) is 39.8 Å². The molecule has 5 aromatic rings. The van der Waals surface area contributed by atoms with Crippen LogP contribution in [0.2, 0.25) is 0 Å². The zero-order valence-electron chi connectivity index (χ0n) is 15.0. The molecule has 1 aromatic carbocycles. The summed E-state index contributed by atoms with van der Waals surface area (Å²) in [6, 6.07) is 15.4. The normalized spacial score (nSPS) is 11.6. The molecule has 6 nitrogen and oxygen atoms in total. The SMILES string of the molecule is Cc1ccc(C=Nc2ncnc3oc(-c4ccco4)c(-c4ccco4)c23)cc1. The number of furan rings is 3. The highest BCUT2D eigenvalue weighted by atomic mass is 16.4. The number of aromatic nitrogens is 2. The van der Waals surface area contributed by atoms with Gasteiger partial charge in [0.1, 0.15) is 12.1 Å². The van der Waals surface area contributed by atoms with Crippen molar-refractivity contribution in [2.24, 2.45) is 4.99 Å². The van der Waals surface area contributed by atoms with Crippen LogP contribution in [0.1, 0.15) is 11.1 Å². The quantitative estimate of drug-likeness (QED) is 0.374. The van der Waals surface area contributed by atoms with E-state index in [1.165, 1.54) is 11.9 Å². The molecule has 4 aromatic heterocycles. The van der Waals surface area contributed by atoms with Gasteiger partial charge in [-0.2, -0.15) is 0 Å². The highest BCUT2D eigenvalue weighted by Gasteiger charge is 2.24. The Balaban J connectivity index is 1.71. The molecule has 0 radical (unpaired) electrons. The fourth-order valence-electron chi connectivity index (χ4n) is 3.04. The van der Waals surface area contributed by atoms with Gasteiger partial charge in [-0.3, -0.25) is 0 Å². The second-order valence-corrected chi connectivity index (χ2v) is 6.31. The molecule has 0 amide bonds. The number of hydrogen-bond donors (Lipinski definition) is 0. The van der Waals surface area contributed by atoms with Gasteiger partial charge in [0.2, 0.25) is 5.71 Å². The van der Waals surface area contributed by atoms with Crippen LogP contribution in [0.25, 0.3) is 33.9 Å². The lowest BCUT2D eigenvalue weighted by Crippen LogP contribution is -1.85. The van der Waals surface area contributed by atoms with E-state index < -0.39 is 0 Å². The molecule has 0 atom stereocenters. The maximum atomic E-state index is 6.00. The number of benzene rings is 1. The van der Waals surface area contributed by atoms with E-state index >= 15 is 0 Å². The summed E-state index contributed by atoms with van der Waals surface area (Å²) in [4.78, 5) is 13.2. The lowest BCUT2D eigenvalue weighted by molar-refractivity contribution is 0.536. The van der Waals surface area contributed by atoms with Crippen molar-refractivity contribution in [2.45, 2.75) is 6.92 Å². The monoisotopic (exact) mass is 369 g/mol. The Kier molecular flexibility index (Phi) is 3.87. The molecule has 28 heavy (non-hydrogen) atoms. The average Bonchev–Trinajstić information content (AvgIpc) is 3.46. The van der Waals surface area contributed by atoms with Crippen LogP contribution in [0.15, 0.2) is 85.6 Å². The molecule has 5 rings (SSSR count). The van der Waals surface area contributed by atoms with Gasteiger partial charge < -0.3 is 13.3 Å². The van der Waals surface area contributed by atoms with Gasteiger partial charge in [0.25, 0.3) is 0 Å². The van der Waals surface area contributed by atoms with E-state index in [0.717, 1.165) is 5.56 Å². The van der Waals surface area contributed by atoms with Gasteiger partial charge in [-0.25, -0.2) is 15.0 Å². The second kappa shape index (κ2) is 6.66. The minimum atomic E-state index is 0.420. The number of rotatable bonds is 4. The van der Waals surface area contributed by atoms with Crippen molar-refractivity contribution >= 4 is 23.1 Å². The van der Waals surface area contributed by atoms with Crippen LogP contribution in [-0.2, 0) is 0 Å². The Morgan fingerprint density at radius 2 is 1.64 bits per heavy atom. The van der Waals surface area contributed by atoms with Crippen molar-refractivity contribution < 1.29 is 13.3 Å². The van der Waals surface area contributed by atoms with E-state index in [2.05, 4.69) is 15.0 Å². The summed E-state index contributed by atoms with van der Waals surface area (Å²) < 4.78 is 17.2. The Labute approximate surface area is 160 Å². The van der Waals surface area contributed by atoms with Crippen LogP contribution in [0, 0.1) is 6.92 Å². The average molecular weight is 369 g/mol. The number of aliphatic imine (C=N–C) groups is 1. The van der Waals surface area contributed by atoms with Crippen molar-refractivity contribution in [1.82, 2.24) is 9.97 Å². The molecular formula is C22H15N3O3. The predicted octanol–water partition coefficient (Wildman–Crippen LogP) is 5.80. The summed E-state index contributed by atoms with van der Waals surface area (Å²) in [6.45, 7) is 2.05. The third-order valence-corrected chi connectivity index (χ3v) is 4.39. The van der Waals surface area contributed by atoms with Gasteiger partial charge in [0, 0.05) is 6.21 Å². The number of hydrogen-bond acceptors (Lipinski definition) is 6. The molecular weight excluding hydrogens is 354 g/mol. The van der Waals surface area contributed by atoms with Gasteiger partial charge in [0.15, 0.2) is 17.3 Å². The summed E-state index contributed by atoms with van der Waals surface area (Å²) in [5, 5.41) is 0.673. The summed E-state index contributed by atoms with van der Waals surface area (Å²) in [6.07, 6.45) is 6.41. The lowest BCUT2D eigenvalue weighted by atomic mass is 10.1. The van der Waals surface area contributed by atoms with E-state index in [-0.39, 0.29) is 0 Å². The van der Waals surface area contributed by atoms with Crippen LogP contribution in [0.5, 0.6) is 0 Å². The van der Waals surface area contributed by atoms with Gasteiger partial charge in [-0.1, -0.05) is 29.8 Å². The van der Waals surface area contributed by atoms with E-state index in [1.807, 2.05) is 49.4 Å².